The first-order valence-electron chi connectivity index (χ1n) is 5.13. The third-order valence-electron chi connectivity index (χ3n) is 2.61. The fourth-order valence-corrected chi connectivity index (χ4v) is 1.69. The number of aliphatic carboxylic acids is 1. The number of carboxylic acids is 1. The van der Waals surface area contributed by atoms with Gasteiger partial charge in [-0.05, 0) is 5.92 Å². The van der Waals surface area contributed by atoms with Crippen LogP contribution in [-0.4, -0.2) is 46.7 Å². The summed E-state index contributed by atoms with van der Waals surface area (Å²) in [6.07, 6.45) is 0.313. The summed E-state index contributed by atoms with van der Waals surface area (Å²) in [5, 5.41) is 17.3. The van der Waals surface area contributed by atoms with Crippen LogP contribution in [0.1, 0.15) is 19.8 Å². The van der Waals surface area contributed by atoms with Crippen molar-refractivity contribution < 1.29 is 19.8 Å². The van der Waals surface area contributed by atoms with E-state index in [0.717, 1.165) is 0 Å². The highest BCUT2D eigenvalue weighted by atomic mass is 16.4. The van der Waals surface area contributed by atoms with Crippen LogP contribution in [0.2, 0.25) is 0 Å². The number of hydrogen-bond donors (Lipinski definition) is 2. The third kappa shape index (κ3) is 3.51. The number of carboxylic acid groups (broad SMARTS) is 1. The topological polar surface area (TPSA) is 77.8 Å². The molecule has 1 fully saturated rings. The molecule has 1 heterocycles. The van der Waals surface area contributed by atoms with Gasteiger partial charge in [0.05, 0.1) is 0 Å². The Bertz CT molecular complexity index is 248. The van der Waals surface area contributed by atoms with E-state index in [1.54, 1.807) is 11.8 Å². The molecule has 5 nitrogen and oxygen atoms in total. The van der Waals surface area contributed by atoms with E-state index in [1.807, 2.05) is 0 Å². The lowest BCUT2D eigenvalue weighted by Crippen LogP contribution is -2.51. The van der Waals surface area contributed by atoms with Gasteiger partial charge in [0, 0.05) is 38.5 Å². The van der Waals surface area contributed by atoms with Crippen LogP contribution in [0.4, 0.5) is 0 Å². The van der Waals surface area contributed by atoms with Crippen LogP contribution >= 0.6 is 0 Å². The smallest absolute Gasteiger partial charge is 0.303 e. The highest BCUT2D eigenvalue weighted by Gasteiger charge is 2.30. The fourth-order valence-electron chi connectivity index (χ4n) is 1.69. The molecule has 1 amide bonds. The second-order valence-electron chi connectivity index (χ2n) is 4.25. The van der Waals surface area contributed by atoms with Gasteiger partial charge in [-0.1, -0.05) is 6.92 Å². The molecular weight excluding hydrogens is 198 g/mol. The Morgan fingerprint density at radius 3 is 2.47 bits per heavy atom. The molecule has 0 aliphatic carbocycles. The average molecular weight is 215 g/mol. The zero-order valence-electron chi connectivity index (χ0n) is 8.85. The number of nitrogens with zero attached hydrogens (tertiary/aromatic N) is 1. The number of aliphatic hydroxyl groups is 1. The van der Waals surface area contributed by atoms with Crippen LogP contribution in [0.25, 0.3) is 0 Å². The molecule has 15 heavy (non-hydrogen) atoms. The molecule has 1 aliphatic heterocycles. The maximum atomic E-state index is 11.5. The molecule has 1 saturated heterocycles. The van der Waals surface area contributed by atoms with Gasteiger partial charge in [-0.25, -0.2) is 0 Å². The SMILES string of the molecule is CC(CC(=O)O)CC(=O)N1CC(CO)C1. The summed E-state index contributed by atoms with van der Waals surface area (Å²) in [5.41, 5.74) is 0. The van der Waals surface area contributed by atoms with Crippen molar-refractivity contribution >= 4 is 11.9 Å². The van der Waals surface area contributed by atoms with Gasteiger partial charge in [0.15, 0.2) is 0 Å². The minimum Gasteiger partial charge on any atom is -0.481 e. The molecular formula is C10H17NO4. The summed E-state index contributed by atoms with van der Waals surface area (Å²) in [6, 6.07) is 0. The molecule has 0 aromatic carbocycles. The van der Waals surface area contributed by atoms with E-state index < -0.39 is 5.97 Å². The van der Waals surface area contributed by atoms with Gasteiger partial charge in [-0.2, -0.15) is 0 Å². The van der Waals surface area contributed by atoms with Gasteiger partial charge in [0.2, 0.25) is 5.91 Å². The summed E-state index contributed by atoms with van der Waals surface area (Å²) in [4.78, 5) is 23.6. The Morgan fingerprint density at radius 1 is 1.40 bits per heavy atom. The number of hydrogen-bond acceptors (Lipinski definition) is 3. The average Bonchev–Trinajstić information content (AvgIpc) is 1.99. The highest BCUT2D eigenvalue weighted by molar-refractivity contribution is 5.78. The summed E-state index contributed by atoms with van der Waals surface area (Å²) in [6.45, 7) is 3.09. The monoisotopic (exact) mass is 215 g/mol. The molecule has 0 radical (unpaired) electrons. The molecule has 0 aromatic heterocycles. The normalized spacial score (nSPS) is 18.4. The summed E-state index contributed by atoms with van der Waals surface area (Å²) in [5.74, 6) is -0.785. The summed E-state index contributed by atoms with van der Waals surface area (Å²) >= 11 is 0. The zero-order valence-corrected chi connectivity index (χ0v) is 8.85. The van der Waals surface area contributed by atoms with Crippen molar-refractivity contribution in [2.24, 2.45) is 11.8 Å². The third-order valence-corrected chi connectivity index (χ3v) is 2.61. The van der Waals surface area contributed by atoms with Gasteiger partial charge in [0.1, 0.15) is 0 Å². The van der Waals surface area contributed by atoms with Crippen molar-refractivity contribution in [1.82, 2.24) is 4.90 Å². The van der Waals surface area contributed by atoms with Crippen LogP contribution in [0.3, 0.4) is 0 Å². The number of aliphatic hydroxyl groups excluding tert-OH is 1. The minimum absolute atomic E-state index is 0.00606. The molecule has 0 saturated carbocycles. The van der Waals surface area contributed by atoms with E-state index >= 15 is 0 Å². The molecule has 1 atom stereocenters. The molecule has 0 bridgehead atoms. The number of likely N-dealkylation sites (tertiary alicyclic amines) is 1. The maximum absolute atomic E-state index is 11.5. The number of rotatable bonds is 5. The Hall–Kier alpha value is -1.10. The Morgan fingerprint density at radius 2 is 2.00 bits per heavy atom. The standard InChI is InChI=1S/C10H17NO4/c1-7(3-10(14)15)2-9(13)11-4-8(5-11)6-12/h7-8,12H,2-6H2,1H3,(H,14,15). The number of carbonyl (C=O) groups is 2. The first-order chi connectivity index (χ1) is 7.02. The van der Waals surface area contributed by atoms with Crippen LogP contribution in [-0.2, 0) is 9.59 Å². The maximum Gasteiger partial charge on any atom is 0.303 e. The largest absolute Gasteiger partial charge is 0.481 e. The van der Waals surface area contributed by atoms with Crippen molar-refractivity contribution in [2.45, 2.75) is 19.8 Å². The van der Waals surface area contributed by atoms with Crippen LogP contribution < -0.4 is 0 Å². The van der Waals surface area contributed by atoms with Gasteiger partial charge >= 0.3 is 5.97 Å². The number of amides is 1. The molecule has 1 aliphatic rings. The zero-order chi connectivity index (χ0) is 11.4. The molecule has 1 rings (SSSR count). The van der Waals surface area contributed by atoms with Crippen molar-refractivity contribution in [3.8, 4) is 0 Å². The Labute approximate surface area is 88.7 Å². The lowest BCUT2D eigenvalue weighted by atomic mass is 9.97. The molecule has 86 valence electrons. The van der Waals surface area contributed by atoms with E-state index in [2.05, 4.69) is 0 Å². The van der Waals surface area contributed by atoms with E-state index in [9.17, 15) is 9.59 Å². The first-order valence-corrected chi connectivity index (χ1v) is 5.13. The molecule has 0 aromatic rings. The van der Waals surface area contributed by atoms with Gasteiger partial charge in [-0.15, -0.1) is 0 Å². The Balaban J connectivity index is 2.22. The summed E-state index contributed by atoms with van der Waals surface area (Å²) in [7, 11) is 0. The molecule has 5 heteroatoms. The van der Waals surface area contributed by atoms with Gasteiger partial charge in [-0.3, -0.25) is 9.59 Å². The van der Waals surface area contributed by atoms with Crippen LogP contribution in [0, 0.1) is 11.8 Å². The second kappa shape index (κ2) is 5.11. The van der Waals surface area contributed by atoms with Crippen LogP contribution in [0.15, 0.2) is 0 Å². The van der Waals surface area contributed by atoms with E-state index in [0.29, 0.717) is 13.1 Å². The quantitative estimate of drug-likeness (QED) is 0.673. The van der Waals surface area contributed by atoms with Crippen LogP contribution in [0.5, 0.6) is 0 Å². The molecule has 2 N–H and O–H groups in total. The first kappa shape index (κ1) is 12.0. The van der Waals surface area contributed by atoms with Gasteiger partial charge < -0.3 is 15.1 Å². The minimum atomic E-state index is -0.868. The molecule has 0 spiro atoms. The second-order valence-corrected chi connectivity index (χ2v) is 4.25. The Kier molecular flexibility index (Phi) is 4.08. The van der Waals surface area contributed by atoms with Crippen molar-refractivity contribution in [1.29, 1.82) is 0 Å². The van der Waals surface area contributed by atoms with E-state index in [1.165, 1.54) is 0 Å². The van der Waals surface area contributed by atoms with Crippen molar-refractivity contribution in [2.75, 3.05) is 19.7 Å². The molecule has 1 unspecified atom stereocenters. The lowest BCUT2D eigenvalue weighted by Gasteiger charge is -2.38. The predicted octanol–water partition coefficient (Wildman–Crippen LogP) is -0.0620. The highest BCUT2D eigenvalue weighted by Crippen LogP contribution is 2.18. The van der Waals surface area contributed by atoms with Gasteiger partial charge in [0.25, 0.3) is 0 Å². The summed E-state index contributed by atoms with van der Waals surface area (Å²) < 4.78 is 0. The van der Waals surface area contributed by atoms with Crippen molar-refractivity contribution in [3.05, 3.63) is 0 Å². The van der Waals surface area contributed by atoms with E-state index in [-0.39, 0.29) is 37.2 Å². The van der Waals surface area contributed by atoms with E-state index in [4.69, 9.17) is 10.2 Å². The fraction of sp³-hybridized carbons (Fsp3) is 0.800. The van der Waals surface area contributed by atoms with Crippen molar-refractivity contribution in [3.63, 3.8) is 0 Å². The lowest BCUT2D eigenvalue weighted by molar-refractivity contribution is -0.141. The predicted molar refractivity (Wildman–Crippen MR) is 53.2 cm³/mol. The number of carbonyl (C=O) groups excluding carboxylic acids is 1.